The Labute approximate surface area is 131 Å². The first-order valence-corrected chi connectivity index (χ1v) is 7.41. The van der Waals surface area contributed by atoms with Crippen LogP contribution in [0.4, 0.5) is 0 Å². The van der Waals surface area contributed by atoms with Gasteiger partial charge in [-0.05, 0) is 42.5 Å². The van der Waals surface area contributed by atoms with Crippen molar-refractivity contribution in [1.82, 2.24) is 5.32 Å². The number of ether oxygens (including phenoxy) is 1. The number of amides is 2. The molecule has 0 saturated heterocycles. The van der Waals surface area contributed by atoms with Crippen LogP contribution in [0.5, 0.6) is 5.75 Å². The Balaban J connectivity index is 2.16. The number of aliphatic imine (C=N–C) groups is 1. The summed E-state index contributed by atoms with van der Waals surface area (Å²) in [6.07, 6.45) is 1.67. The smallest absolute Gasteiger partial charge is 0.286 e. The van der Waals surface area contributed by atoms with E-state index in [0.29, 0.717) is 22.3 Å². The molecule has 0 radical (unpaired) electrons. The highest BCUT2D eigenvalue weighted by atomic mass is 35.5. The Morgan fingerprint density at radius 1 is 1.52 bits per heavy atom. The molecule has 0 saturated carbocycles. The Hall–Kier alpha value is -1.79. The molecule has 0 bridgehead atoms. The van der Waals surface area contributed by atoms with Gasteiger partial charge in [-0.3, -0.25) is 9.59 Å². The molecule has 7 heteroatoms. The predicted octanol–water partition coefficient (Wildman–Crippen LogP) is 2.85. The number of benzene rings is 1. The van der Waals surface area contributed by atoms with Crippen molar-refractivity contribution >= 4 is 46.4 Å². The number of hydrogen-bond donors (Lipinski definition) is 1. The fourth-order valence-electron chi connectivity index (χ4n) is 1.64. The van der Waals surface area contributed by atoms with Crippen LogP contribution in [-0.2, 0) is 9.59 Å². The van der Waals surface area contributed by atoms with Gasteiger partial charge in [0, 0.05) is 6.92 Å². The number of rotatable bonds is 3. The minimum absolute atomic E-state index is 0.264. The predicted molar refractivity (Wildman–Crippen MR) is 84.4 cm³/mol. The second kappa shape index (κ2) is 6.78. The molecule has 1 aliphatic heterocycles. The van der Waals surface area contributed by atoms with E-state index in [1.807, 2.05) is 6.92 Å². The first-order chi connectivity index (χ1) is 9.99. The van der Waals surface area contributed by atoms with Crippen LogP contribution in [0.2, 0.25) is 5.02 Å². The number of thioether (sulfide) groups is 1. The van der Waals surface area contributed by atoms with E-state index in [1.165, 1.54) is 6.92 Å². The second-order valence-electron chi connectivity index (χ2n) is 4.14. The minimum atomic E-state index is -0.381. The zero-order valence-corrected chi connectivity index (χ0v) is 13.0. The van der Waals surface area contributed by atoms with E-state index in [2.05, 4.69) is 10.3 Å². The number of nitrogens with zero attached hydrogens (tertiary/aromatic N) is 1. The maximum absolute atomic E-state index is 11.7. The number of nitrogens with one attached hydrogen (secondary N) is 1. The lowest BCUT2D eigenvalue weighted by molar-refractivity contribution is -0.117. The third-order valence-electron chi connectivity index (χ3n) is 2.46. The molecule has 21 heavy (non-hydrogen) atoms. The molecule has 110 valence electrons. The number of halogens is 1. The Bertz CT molecular complexity index is 656. The van der Waals surface area contributed by atoms with Crippen LogP contribution in [0.25, 0.3) is 6.08 Å². The Morgan fingerprint density at radius 2 is 2.29 bits per heavy atom. The Kier molecular flexibility index (Phi) is 5.03. The van der Waals surface area contributed by atoms with Crippen LogP contribution in [0.3, 0.4) is 0 Å². The van der Waals surface area contributed by atoms with Crippen LogP contribution in [-0.4, -0.2) is 23.6 Å². The molecular weight excluding hydrogens is 312 g/mol. The van der Waals surface area contributed by atoms with Crippen LogP contribution in [0.1, 0.15) is 19.4 Å². The molecule has 1 N–H and O–H groups in total. The zero-order chi connectivity index (χ0) is 15.4. The number of carbonyl (C=O) groups excluding carboxylic acids is 2. The summed E-state index contributed by atoms with van der Waals surface area (Å²) >= 11 is 7.21. The lowest BCUT2D eigenvalue weighted by Crippen LogP contribution is -2.23. The van der Waals surface area contributed by atoms with E-state index < -0.39 is 0 Å². The molecular formula is C14H13ClN2O3S. The fraction of sp³-hybridized carbons (Fsp3) is 0.214. The third kappa shape index (κ3) is 4.09. The highest BCUT2D eigenvalue weighted by Gasteiger charge is 2.22. The van der Waals surface area contributed by atoms with Gasteiger partial charge in [0.25, 0.3) is 5.91 Å². The van der Waals surface area contributed by atoms with E-state index in [0.717, 1.165) is 17.3 Å². The Morgan fingerprint density at radius 3 is 2.90 bits per heavy atom. The molecule has 1 aromatic rings. The standard InChI is InChI=1S/C14H13ClN2O3S/c1-3-20-11-5-4-9(6-10(11)15)7-12-13(19)17-14(21-12)16-8(2)18/h4-7H,3H2,1-2H3,(H,16,17,18,19)/b12-7-. The van der Waals surface area contributed by atoms with Crippen molar-refractivity contribution in [1.29, 1.82) is 0 Å². The quantitative estimate of drug-likeness (QED) is 0.868. The topological polar surface area (TPSA) is 67.8 Å². The normalized spacial score (nSPS) is 16.0. The van der Waals surface area contributed by atoms with Gasteiger partial charge in [-0.15, -0.1) is 0 Å². The number of amidine groups is 1. The molecule has 0 fully saturated rings. The molecule has 5 nitrogen and oxygen atoms in total. The van der Waals surface area contributed by atoms with Crippen molar-refractivity contribution < 1.29 is 14.3 Å². The lowest BCUT2D eigenvalue weighted by Gasteiger charge is -2.06. The van der Waals surface area contributed by atoms with Gasteiger partial charge in [-0.2, -0.15) is 4.99 Å². The summed E-state index contributed by atoms with van der Waals surface area (Å²) in [5, 5.41) is 3.26. The van der Waals surface area contributed by atoms with Crippen LogP contribution < -0.4 is 10.1 Å². The summed E-state index contributed by atoms with van der Waals surface area (Å²) in [4.78, 5) is 26.9. The molecule has 0 atom stereocenters. The summed E-state index contributed by atoms with van der Waals surface area (Å²) in [5.41, 5.74) is 0.763. The molecule has 1 heterocycles. The van der Waals surface area contributed by atoms with Gasteiger partial charge in [-0.1, -0.05) is 17.7 Å². The minimum Gasteiger partial charge on any atom is -0.492 e. The van der Waals surface area contributed by atoms with Crippen molar-refractivity contribution in [2.75, 3.05) is 6.61 Å². The molecule has 0 spiro atoms. The highest BCUT2D eigenvalue weighted by molar-refractivity contribution is 8.18. The molecule has 0 unspecified atom stereocenters. The molecule has 0 aromatic heterocycles. The molecule has 2 amide bonds. The third-order valence-corrected chi connectivity index (χ3v) is 3.65. The fourth-order valence-corrected chi connectivity index (χ4v) is 2.75. The average Bonchev–Trinajstić information content (AvgIpc) is 2.72. The molecule has 0 aliphatic carbocycles. The van der Waals surface area contributed by atoms with Crippen molar-refractivity contribution in [3.05, 3.63) is 33.7 Å². The SMILES string of the molecule is CCOc1ccc(/C=C2\SC(NC(C)=O)=NC2=O)cc1Cl. The number of carbonyl (C=O) groups is 2. The second-order valence-corrected chi connectivity index (χ2v) is 5.57. The van der Waals surface area contributed by atoms with Gasteiger partial charge < -0.3 is 10.1 Å². The highest BCUT2D eigenvalue weighted by Crippen LogP contribution is 2.30. The first-order valence-electron chi connectivity index (χ1n) is 6.22. The van der Waals surface area contributed by atoms with Gasteiger partial charge >= 0.3 is 0 Å². The van der Waals surface area contributed by atoms with E-state index in [4.69, 9.17) is 16.3 Å². The van der Waals surface area contributed by atoms with Gasteiger partial charge in [-0.25, -0.2) is 0 Å². The molecule has 1 aliphatic rings. The first kappa shape index (κ1) is 15.6. The van der Waals surface area contributed by atoms with Crippen LogP contribution >= 0.6 is 23.4 Å². The van der Waals surface area contributed by atoms with Gasteiger partial charge in [0.05, 0.1) is 16.5 Å². The van der Waals surface area contributed by atoms with Crippen LogP contribution in [0.15, 0.2) is 28.1 Å². The maximum Gasteiger partial charge on any atom is 0.286 e. The summed E-state index contributed by atoms with van der Waals surface area (Å²) in [5.74, 6) is -0.0462. The van der Waals surface area contributed by atoms with E-state index in [9.17, 15) is 9.59 Å². The van der Waals surface area contributed by atoms with E-state index >= 15 is 0 Å². The molecule has 2 rings (SSSR count). The monoisotopic (exact) mass is 324 g/mol. The molecule has 1 aromatic carbocycles. The summed E-state index contributed by atoms with van der Waals surface area (Å²) in [7, 11) is 0. The van der Waals surface area contributed by atoms with Crippen molar-refractivity contribution in [3.8, 4) is 5.75 Å². The summed E-state index contributed by atoms with van der Waals surface area (Å²) in [6, 6.07) is 5.26. The van der Waals surface area contributed by atoms with Crippen molar-refractivity contribution in [3.63, 3.8) is 0 Å². The maximum atomic E-state index is 11.7. The number of hydrogen-bond acceptors (Lipinski definition) is 4. The van der Waals surface area contributed by atoms with Crippen LogP contribution in [0, 0.1) is 0 Å². The summed E-state index contributed by atoms with van der Waals surface area (Å²) in [6.45, 7) is 3.77. The largest absolute Gasteiger partial charge is 0.492 e. The summed E-state index contributed by atoms with van der Waals surface area (Å²) < 4.78 is 5.35. The van der Waals surface area contributed by atoms with Gasteiger partial charge in [0.1, 0.15) is 5.75 Å². The average molecular weight is 325 g/mol. The van der Waals surface area contributed by atoms with Gasteiger partial charge in [0.15, 0.2) is 5.17 Å². The zero-order valence-electron chi connectivity index (χ0n) is 11.5. The van der Waals surface area contributed by atoms with E-state index in [1.54, 1.807) is 24.3 Å². The lowest BCUT2D eigenvalue weighted by atomic mass is 10.2. The van der Waals surface area contributed by atoms with E-state index in [-0.39, 0.29) is 17.0 Å². The van der Waals surface area contributed by atoms with Crippen molar-refractivity contribution in [2.45, 2.75) is 13.8 Å². The van der Waals surface area contributed by atoms with Crippen molar-refractivity contribution in [2.24, 2.45) is 4.99 Å². The van der Waals surface area contributed by atoms with Gasteiger partial charge in [0.2, 0.25) is 5.91 Å².